The van der Waals surface area contributed by atoms with Crippen molar-refractivity contribution in [3.8, 4) is 0 Å². The van der Waals surface area contributed by atoms with Gasteiger partial charge in [0.15, 0.2) is 0 Å². The van der Waals surface area contributed by atoms with Crippen molar-refractivity contribution < 1.29 is 4.79 Å². The van der Waals surface area contributed by atoms with Crippen LogP contribution >= 0.6 is 12.6 Å². The van der Waals surface area contributed by atoms with Gasteiger partial charge in [-0.3, -0.25) is 9.79 Å². The van der Waals surface area contributed by atoms with E-state index < -0.39 is 0 Å². The number of carbonyl (C=O) groups excluding carboxylic acids is 1. The molecule has 0 heterocycles. The molecule has 2 rings (SSSR count). The van der Waals surface area contributed by atoms with Gasteiger partial charge in [0.25, 0.3) is 0 Å². The number of hydrogen-bond acceptors (Lipinski definition) is 3. The molecule has 2 aromatic carbocycles. The summed E-state index contributed by atoms with van der Waals surface area (Å²) in [5.41, 5.74) is 1.33. The smallest absolute Gasteiger partial charge is 0.204 e. The maximum absolute atomic E-state index is 11.8. The lowest BCUT2D eigenvalue weighted by Gasteiger charge is -1.97. The van der Waals surface area contributed by atoms with Crippen molar-refractivity contribution in [2.24, 2.45) is 4.99 Å². The van der Waals surface area contributed by atoms with E-state index in [1.165, 1.54) is 6.21 Å². The molecule has 2 aromatic rings. The van der Waals surface area contributed by atoms with Gasteiger partial charge >= 0.3 is 0 Å². The van der Waals surface area contributed by atoms with E-state index in [0.29, 0.717) is 11.3 Å². The highest BCUT2D eigenvalue weighted by atomic mass is 32.1. The van der Waals surface area contributed by atoms with Crippen LogP contribution in [0.2, 0.25) is 0 Å². The fraction of sp³-hybridized carbons (Fsp3) is 0. The van der Waals surface area contributed by atoms with Crippen LogP contribution in [0.3, 0.4) is 0 Å². The van der Waals surface area contributed by atoms with Crippen LogP contribution in [0.15, 0.2) is 64.5 Å². The molecule has 0 aliphatic carbocycles. The second kappa shape index (κ2) is 5.46. The lowest BCUT2D eigenvalue weighted by Crippen LogP contribution is -1.99. The Morgan fingerprint density at radius 1 is 1.00 bits per heavy atom. The van der Waals surface area contributed by atoms with E-state index in [1.54, 1.807) is 12.1 Å². The van der Waals surface area contributed by atoms with Crippen molar-refractivity contribution in [3.63, 3.8) is 0 Å². The first-order chi connectivity index (χ1) is 8.27. The lowest BCUT2D eigenvalue weighted by atomic mass is 10.1. The Labute approximate surface area is 105 Å². The summed E-state index contributed by atoms with van der Waals surface area (Å²) in [6.45, 7) is 0. The van der Waals surface area contributed by atoms with E-state index in [-0.39, 0.29) is 5.78 Å². The zero-order valence-electron chi connectivity index (χ0n) is 9.08. The zero-order chi connectivity index (χ0) is 12.1. The Morgan fingerprint density at radius 2 is 1.65 bits per heavy atom. The molecule has 0 amide bonds. The van der Waals surface area contributed by atoms with Gasteiger partial charge in [0, 0.05) is 10.5 Å². The molecule has 0 radical (unpaired) electrons. The number of carbonyl (C=O) groups is 1. The highest BCUT2D eigenvalue weighted by Crippen LogP contribution is 2.21. The number of rotatable bonds is 3. The monoisotopic (exact) mass is 241 g/mol. The molecule has 84 valence electrons. The molecule has 0 aromatic heterocycles. The summed E-state index contributed by atoms with van der Waals surface area (Å²) in [6, 6.07) is 16.4. The van der Waals surface area contributed by atoms with Crippen LogP contribution in [0.25, 0.3) is 0 Å². The minimum absolute atomic E-state index is 0.109. The fourth-order valence-corrected chi connectivity index (χ4v) is 1.60. The van der Waals surface area contributed by atoms with Crippen molar-refractivity contribution in [1.82, 2.24) is 0 Å². The number of hydrogen-bond donors (Lipinski definition) is 1. The van der Waals surface area contributed by atoms with E-state index in [2.05, 4.69) is 17.6 Å². The fourth-order valence-electron chi connectivity index (χ4n) is 1.38. The number of thiol groups is 1. The van der Waals surface area contributed by atoms with Gasteiger partial charge in [-0.15, -0.1) is 12.6 Å². The number of para-hydroxylation sites is 1. The SMILES string of the molecule is O=C(C=Nc1ccccc1S)c1ccccc1. The van der Waals surface area contributed by atoms with E-state index in [4.69, 9.17) is 0 Å². The topological polar surface area (TPSA) is 29.4 Å². The predicted octanol–water partition coefficient (Wildman–Crippen LogP) is 3.56. The van der Waals surface area contributed by atoms with E-state index >= 15 is 0 Å². The van der Waals surface area contributed by atoms with Crippen molar-refractivity contribution in [1.29, 1.82) is 0 Å². The van der Waals surface area contributed by atoms with Crippen molar-refractivity contribution in [2.45, 2.75) is 4.90 Å². The molecule has 0 saturated heterocycles. The number of Topliss-reactive ketones (excluding diaryl/α,β-unsaturated/α-hetero) is 1. The number of ketones is 1. The third-order valence-electron chi connectivity index (χ3n) is 2.26. The molecule has 3 heteroatoms. The Kier molecular flexibility index (Phi) is 3.73. The van der Waals surface area contributed by atoms with Gasteiger partial charge in [-0.2, -0.15) is 0 Å². The van der Waals surface area contributed by atoms with Crippen LogP contribution in [0.1, 0.15) is 10.4 Å². The molecule has 0 fully saturated rings. The average Bonchev–Trinajstić information content (AvgIpc) is 2.38. The standard InChI is InChI=1S/C14H11NOS/c16-13(11-6-2-1-3-7-11)10-15-12-8-4-5-9-14(12)17/h1-10,17H. The Bertz CT molecular complexity index is 549. The first kappa shape index (κ1) is 11.6. The Morgan fingerprint density at radius 3 is 2.35 bits per heavy atom. The van der Waals surface area contributed by atoms with Gasteiger partial charge in [0.1, 0.15) is 0 Å². The third-order valence-corrected chi connectivity index (χ3v) is 2.64. The largest absolute Gasteiger partial charge is 0.288 e. The molecule has 0 unspecified atom stereocenters. The van der Waals surface area contributed by atoms with Gasteiger partial charge in [-0.25, -0.2) is 0 Å². The third kappa shape index (κ3) is 3.04. The highest BCUT2D eigenvalue weighted by Gasteiger charge is 2.01. The summed E-state index contributed by atoms with van der Waals surface area (Å²) in [7, 11) is 0. The minimum Gasteiger partial charge on any atom is -0.288 e. The molecule has 2 nitrogen and oxygen atoms in total. The number of benzene rings is 2. The van der Waals surface area contributed by atoms with E-state index in [1.807, 2.05) is 42.5 Å². The van der Waals surface area contributed by atoms with Crippen molar-refractivity contribution in [2.75, 3.05) is 0 Å². The normalized spacial score (nSPS) is 10.6. The second-order valence-corrected chi connectivity index (χ2v) is 3.96. The van der Waals surface area contributed by atoms with Crippen LogP contribution in [0.4, 0.5) is 5.69 Å². The first-order valence-electron chi connectivity index (χ1n) is 5.19. The highest BCUT2D eigenvalue weighted by molar-refractivity contribution is 7.80. The summed E-state index contributed by atoms with van der Waals surface area (Å²) >= 11 is 4.26. The van der Waals surface area contributed by atoms with E-state index in [9.17, 15) is 4.79 Å². The molecule has 0 saturated carbocycles. The minimum atomic E-state index is -0.109. The molecule has 0 aliphatic rings. The van der Waals surface area contributed by atoms with Crippen molar-refractivity contribution >= 4 is 30.3 Å². The first-order valence-corrected chi connectivity index (χ1v) is 5.63. The average molecular weight is 241 g/mol. The summed E-state index contributed by atoms with van der Waals surface area (Å²) in [5, 5.41) is 0. The maximum atomic E-state index is 11.8. The molecule has 0 bridgehead atoms. The summed E-state index contributed by atoms with van der Waals surface area (Å²) < 4.78 is 0. The van der Waals surface area contributed by atoms with Crippen LogP contribution in [-0.2, 0) is 0 Å². The van der Waals surface area contributed by atoms with Crippen LogP contribution in [0.5, 0.6) is 0 Å². The Balaban J connectivity index is 2.17. The van der Waals surface area contributed by atoms with Gasteiger partial charge < -0.3 is 0 Å². The van der Waals surface area contributed by atoms with Crippen molar-refractivity contribution in [3.05, 3.63) is 60.2 Å². The van der Waals surface area contributed by atoms with Crippen LogP contribution in [0, 0.1) is 0 Å². The van der Waals surface area contributed by atoms with Gasteiger partial charge in [0.2, 0.25) is 5.78 Å². The molecular formula is C14H11NOS. The second-order valence-electron chi connectivity index (χ2n) is 3.48. The quantitative estimate of drug-likeness (QED) is 0.497. The summed E-state index contributed by atoms with van der Waals surface area (Å²) in [4.78, 5) is 16.6. The molecule has 0 aliphatic heterocycles. The summed E-state index contributed by atoms with van der Waals surface area (Å²) in [6.07, 6.45) is 1.32. The molecule has 0 atom stereocenters. The number of aliphatic imine (C=N–C) groups is 1. The van der Waals surface area contributed by atoms with Crippen LogP contribution < -0.4 is 0 Å². The molecule has 0 spiro atoms. The predicted molar refractivity (Wildman–Crippen MR) is 72.6 cm³/mol. The summed E-state index contributed by atoms with van der Waals surface area (Å²) in [5.74, 6) is -0.109. The molecule has 17 heavy (non-hydrogen) atoms. The zero-order valence-corrected chi connectivity index (χ0v) is 9.97. The van der Waals surface area contributed by atoms with Gasteiger partial charge in [0.05, 0.1) is 11.9 Å². The molecular weight excluding hydrogens is 230 g/mol. The number of nitrogens with zero attached hydrogens (tertiary/aromatic N) is 1. The van der Waals surface area contributed by atoms with E-state index in [0.717, 1.165) is 4.90 Å². The van der Waals surface area contributed by atoms with Gasteiger partial charge in [-0.05, 0) is 12.1 Å². The Hall–Kier alpha value is -1.87. The van der Waals surface area contributed by atoms with Crippen LogP contribution in [-0.4, -0.2) is 12.0 Å². The maximum Gasteiger partial charge on any atom is 0.204 e. The lowest BCUT2D eigenvalue weighted by molar-refractivity contribution is 0.107. The molecule has 0 N–H and O–H groups in total. The van der Waals surface area contributed by atoms with Gasteiger partial charge in [-0.1, -0.05) is 42.5 Å².